The molecule has 0 aliphatic rings. The van der Waals surface area contributed by atoms with Crippen molar-refractivity contribution in [3.8, 4) is 0 Å². The van der Waals surface area contributed by atoms with Crippen molar-refractivity contribution in [2.45, 2.75) is 33.1 Å². The van der Waals surface area contributed by atoms with Crippen molar-refractivity contribution < 1.29 is 14.3 Å². The Morgan fingerprint density at radius 1 is 1.33 bits per heavy atom. The van der Waals surface area contributed by atoms with Crippen molar-refractivity contribution in [2.75, 3.05) is 0 Å². The number of aryl methyl sites for hydroxylation is 1. The van der Waals surface area contributed by atoms with Crippen LogP contribution in [0.25, 0.3) is 0 Å². The molecule has 0 amide bonds. The molecule has 0 saturated carbocycles. The van der Waals surface area contributed by atoms with Gasteiger partial charge in [0.05, 0.1) is 5.56 Å². The van der Waals surface area contributed by atoms with Crippen LogP contribution in [0.15, 0.2) is 12.1 Å². The Kier molecular flexibility index (Phi) is 2.84. The molecule has 0 radical (unpaired) electrons. The fourth-order valence-electron chi connectivity index (χ4n) is 1.51. The van der Waals surface area contributed by atoms with Gasteiger partial charge in [0.1, 0.15) is 5.82 Å². The first-order valence-corrected chi connectivity index (χ1v) is 4.78. The molecule has 82 valence electrons. The Labute approximate surface area is 88.7 Å². The maximum atomic E-state index is 13.9. The zero-order valence-corrected chi connectivity index (χ0v) is 9.39. The molecule has 1 rings (SSSR count). The molecule has 0 aromatic heterocycles. The van der Waals surface area contributed by atoms with Crippen LogP contribution in [-0.2, 0) is 5.41 Å². The van der Waals surface area contributed by atoms with Gasteiger partial charge in [-0.1, -0.05) is 32.9 Å². The third-order valence-corrected chi connectivity index (χ3v) is 2.37. The Morgan fingerprint density at radius 3 is 2.27 bits per heavy atom. The summed E-state index contributed by atoms with van der Waals surface area (Å²) >= 11 is 0. The lowest BCUT2D eigenvalue weighted by molar-refractivity contribution is 0.0690. The predicted molar refractivity (Wildman–Crippen MR) is 56.8 cm³/mol. The molecule has 0 fully saturated rings. The average Bonchev–Trinajstić information content (AvgIpc) is 2.00. The van der Waals surface area contributed by atoms with Crippen LogP contribution in [0.5, 0.6) is 0 Å². The number of hydrogen-bond acceptors (Lipinski definition) is 1. The van der Waals surface area contributed by atoms with Crippen LogP contribution < -0.4 is 0 Å². The van der Waals surface area contributed by atoms with Crippen LogP contribution >= 0.6 is 0 Å². The number of aromatic carboxylic acids is 1. The lowest BCUT2D eigenvalue weighted by Gasteiger charge is -2.21. The maximum Gasteiger partial charge on any atom is 0.338 e. The van der Waals surface area contributed by atoms with E-state index in [1.54, 1.807) is 19.1 Å². The van der Waals surface area contributed by atoms with Gasteiger partial charge in [-0.05, 0) is 23.5 Å². The topological polar surface area (TPSA) is 37.3 Å². The standard InChI is InChI=1S/C12H15FO2/c1-7-5-6-8(12(2,3)4)10(13)9(7)11(14)15/h5-6H,1-4H3,(H,14,15). The molecule has 0 unspecified atom stereocenters. The maximum absolute atomic E-state index is 13.9. The zero-order chi connectivity index (χ0) is 11.8. The monoisotopic (exact) mass is 210 g/mol. The first-order valence-electron chi connectivity index (χ1n) is 4.78. The summed E-state index contributed by atoms with van der Waals surface area (Å²) in [6.45, 7) is 7.16. The van der Waals surface area contributed by atoms with Gasteiger partial charge in [-0.3, -0.25) is 0 Å². The van der Waals surface area contributed by atoms with E-state index in [1.807, 2.05) is 20.8 Å². The van der Waals surface area contributed by atoms with Gasteiger partial charge in [-0.15, -0.1) is 0 Å². The molecule has 0 atom stereocenters. The summed E-state index contributed by atoms with van der Waals surface area (Å²) in [4.78, 5) is 10.9. The zero-order valence-electron chi connectivity index (χ0n) is 9.39. The Morgan fingerprint density at radius 2 is 1.87 bits per heavy atom. The largest absolute Gasteiger partial charge is 0.478 e. The quantitative estimate of drug-likeness (QED) is 0.773. The molecule has 0 aliphatic carbocycles. The Bertz CT molecular complexity index is 403. The van der Waals surface area contributed by atoms with Crippen molar-refractivity contribution >= 4 is 5.97 Å². The summed E-state index contributed by atoms with van der Waals surface area (Å²) in [5.74, 6) is -1.83. The van der Waals surface area contributed by atoms with Gasteiger partial charge in [0.2, 0.25) is 0 Å². The van der Waals surface area contributed by atoms with Gasteiger partial charge in [-0.25, -0.2) is 9.18 Å². The molecule has 15 heavy (non-hydrogen) atoms. The summed E-state index contributed by atoms with van der Waals surface area (Å²) in [6.07, 6.45) is 0. The van der Waals surface area contributed by atoms with E-state index in [0.29, 0.717) is 11.1 Å². The van der Waals surface area contributed by atoms with Crippen molar-refractivity contribution in [1.82, 2.24) is 0 Å². The predicted octanol–water partition coefficient (Wildman–Crippen LogP) is 3.13. The molecule has 0 bridgehead atoms. The average molecular weight is 210 g/mol. The van der Waals surface area contributed by atoms with E-state index in [0.717, 1.165) is 0 Å². The second-order valence-corrected chi connectivity index (χ2v) is 4.67. The second kappa shape index (κ2) is 3.65. The highest BCUT2D eigenvalue weighted by atomic mass is 19.1. The van der Waals surface area contributed by atoms with E-state index in [-0.39, 0.29) is 11.0 Å². The van der Waals surface area contributed by atoms with Crippen LogP contribution in [0.1, 0.15) is 42.3 Å². The highest BCUT2D eigenvalue weighted by Crippen LogP contribution is 2.28. The van der Waals surface area contributed by atoms with Crippen LogP contribution in [0.4, 0.5) is 4.39 Å². The fraction of sp³-hybridized carbons (Fsp3) is 0.417. The van der Waals surface area contributed by atoms with E-state index in [1.165, 1.54) is 0 Å². The van der Waals surface area contributed by atoms with Gasteiger partial charge in [0.15, 0.2) is 0 Å². The van der Waals surface area contributed by atoms with Gasteiger partial charge in [0, 0.05) is 0 Å². The number of benzene rings is 1. The minimum absolute atomic E-state index is 0.220. The highest BCUT2D eigenvalue weighted by molar-refractivity contribution is 5.90. The second-order valence-electron chi connectivity index (χ2n) is 4.67. The lowest BCUT2D eigenvalue weighted by Crippen LogP contribution is -2.17. The first kappa shape index (κ1) is 11.7. The molecule has 3 heteroatoms. The van der Waals surface area contributed by atoms with Crippen LogP contribution in [0, 0.1) is 12.7 Å². The summed E-state index contributed by atoms with van der Waals surface area (Å²) in [7, 11) is 0. The van der Waals surface area contributed by atoms with Crippen molar-refractivity contribution in [1.29, 1.82) is 0 Å². The molecule has 0 aliphatic heterocycles. The molecule has 2 nitrogen and oxygen atoms in total. The van der Waals surface area contributed by atoms with E-state index in [4.69, 9.17) is 5.11 Å². The molecule has 1 aromatic rings. The van der Waals surface area contributed by atoms with E-state index < -0.39 is 11.8 Å². The first-order chi connectivity index (χ1) is 6.75. The van der Waals surface area contributed by atoms with E-state index >= 15 is 0 Å². The number of carbonyl (C=O) groups is 1. The van der Waals surface area contributed by atoms with Gasteiger partial charge in [0.25, 0.3) is 0 Å². The molecule has 0 spiro atoms. The Balaban J connectivity index is 3.49. The van der Waals surface area contributed by atoms with Gasteiger partial charge in [-0.2, -0.15) is 0 Å². The van der Waals surface area contributed by atoms with Crippen molar-refractivity contribution in [3.05, 3.63) is 34.6 Å². The smallest absolute Gasteiger partial charge is 0.338 e. The van der Waals surface area contributed by atoms with Crippen molar-refractivity contribution in [2.24, 2.45) is 0 Å². The number of carboxylic acid groups (broad SMARTS) is 1. The van der Waals surface area contributed by atoms with Crippen molar-refractivity contribution in [3.63, 3.8) is 0 Å². The normalized spacial score (nSPS) is 11.5. The summed E-state index contributed by atoms with van der Waals surface area (Å²) < 4.78 is 13.9. The third-order valence-electron chi connectivity index (χ3n) is 2.37. The van der Waals surface area contributed by atoms with E-state index in [9.17, 15) is 9.18 Å². The molecule has 0 heterocycles. The number of rotatable bonds is 1. The fourth-order valence-corrected chi connectivity index (χ4v) is 1.51. The van der Waals surface area contributed by atoms with Crippen LogP contribution in [-0.4, -0.2) is 11.1 Å². The van der Waals surface area contributed by atoms with E-state index in [2.05, 4.69) is 0 Å². The molecule has 1 aromatic carbocycles. The third kappa shape index (κ3) is 2.17. The number of hydrogen-bond donors (Lipinski definition) is 1. The molecule has 1 N–H and O–H groups in total. The molecular weight excluding hydrogens is 195 g/mol. The minimum atomic E-state index is -1.21. The van der Waals surface area contributed by atoms with Crippen LogP contribution in [0.3, 0.4) is 0 Å². The SMILES string of the molecule is Cc1ccc(C(C)(C)C)c(F)c1C(=O)O. The highest BCUT2D eigenvalue weighted by Gasteiger charge is 2.24. The van der Waals surface area contributed by atoms with Gasteiger partial charge >= 0.3 is 5.97 Å². The number of halogens is 1. The van der Waals surface area contributed by atoms with Gasteiger partial charge < -0.3 is 5.11 Å². The molecular formula is C12H15FO2. The van der Waals surface area contributed by atoms with Crippen LogP contribution in [0.2, 0.25) is 0 Å². The summed E-state index contributed by atoms with van der Waals surface area (Å²) in [5, 5.41) is 8.90. The lowest BCUT2D eigenvalue weighted by atomic mass is 9.84. The molecule has 0 saturated heterocycles. The number of carboxylic acids is 1. The summed E-state index contributed by atoms with van der Waals surface area (Å²) in [5.41, 5.74) is 0.281. The Hall–Kier alpha value is -1.38. The summed E-state index contributed by atoms with van der Waals surface area (Å²) in [6, 6.07) is 3.30. The minimum Gasteiger partial charge on any atom is -0.478 e.